The molecule has 1 heterocycles. The summed E-state index contributed by atoms with van der Waals surface area (Å²) in [6, 6.07) is 6.72. The number of phenols is 7. The molecule has 16 heteroatoms. The van der Waals surface area contributed by atoms with Gasteiger partial charge in [-0.2, -0.15) is 0 Å². The maximum Gasteiger partial charge on any atom is 0.338 e. The molecule has 4 atom stereocenters. The molecule has 1 saturated heterocycles. The first-order chi connectivity index (χ1) is 20.8. The van der Waals surface area contributed by atoms with Crippen LogP contribution in [0.15, 0.2) is 42.5 Å². The maximum atomic E-state index is 13.0. The maximum absolute atomic E-state index is 13.0. The van der Waals surface area contributed by atoms with Crippen LogP contribution in [-0.2, 0) is 18.9 Å². The first-order valence-electron chi connectivity index (χ1n) is 12.6. The second kappa shape index (κ2) is 12.7. The first-order valence-corrected chi connectivity index (χ1v) is 12.6. The summed E-state index contributed by atoms with van der Waals surface area (Å²) < 4.78 is 26.4. The van der Waals surface area contributed by atoms with Crippen molar-refractivity contribution < 1.29 is 78.9 Å². The van der Waals surface area contributed by atoms with E-state index >= 15 is 0 Å². The quantitative estimate of drug-likeness (QED) is 0.0994. The Kier molecular flexibility index (Phi) is 9.06. The number of rotatable bonds is 8. The van der Waals surface area contributed by atoms with Gasteiger partial charge in [-0.05, 0) is 42.5 Å². The van der Waals surface area contributed by atoms with E-state index in [1.165, 1.54) is 13.2 Å². The standard InChI is InChI=1S/C28H26O16/c1-40-19-8-11(2-3-14(19)29)27(38)44-25-21(43-28(39)13-6-17(32)23(35)18(33)7-13)10-41-20(24(25)36)9-42-26(37)12-4-15(30)22(34)16(31)5-12/h2-8,20-21,24-25,29-36H,9-10H2,1H3/t20-,21+,24-,25-/m1/s1. The first kappa shape index (κ1) is 31.3. The van der Waals surface area contributed by atoms with Crippen molar-refractivity contribution in [3.05, 3.63) is 59.2 Å². The highest BCUT2D eigenvalue weighted by Crippen LogP contribution is 2.37. The van der Waals surface area contributed by atoms with Crippen LogP contribution >= 0.6 is 0 Å². The molecule has 3 aromatic carbocycles. The molecule has 44 heavy (non-hydrogen) atoms. The van der Waals surface area contributed by atoms with Gasteiger partial charge in [-0.3, -0.25) is 0 Å². The lowest BCUT2D eigenvalue weighted by molar-refractivity contribution is -0.196. The number of hydrogen-bond donors (Lipinski definition) is 8. The minimum atomic E-state index is -1.81. The van der Waals surface area contributed by atoms with Crippen molar-refractivity contribution in [1.82, 2.24) is 0 Å². The molecule has 8 N–H and O–H groups in total. The van der Waals surface area contributed by atoms with E-state index < -0.39 is 95.6 Å². The summed E-state index contributed by atoms with van der Waals surface area (Å²) >= 11 is 0. The molecule has 0 aliphatic carbocycles. The number of carbonyl (C=O) groups is 3. The number of aliphatic hydroxyl groups is 1. The van der Waals surface area contributed by atoms with Crippen molar-refractivity contribution in [2.24, 2.45) is 0 Å². The highest BCUT2D eigenvalue weighted by Gasteiger charge is 2.45. The smallest absolute Gasteiger partial charge is 0.338 e. The minimum absolute atomic E-state index is 0.0713. The average molecular weight is 619 g/mol. The Bertz CT molecular complexity index is 1540. The van der Waals surface area contributed by atoms with E-state index in [1.54, 1.807) is 0 Å². The molecular formula is C28H26O16. The summed E-state index contributed by atoms with van der Waals surface area (Å²) in [4.78, 5) is 38.3. The van der Waals surface area contributed by atoms with Crippen molar-refractivity contribution in [3.8, 4) is 46.0 Å². The van der Waals surface area contributed by atoms with E-state index in [2.05, 4.69) is 0 Å². The average Bonchev–Trinajstić information content (AvgIpc) is 2.99. The number of phenolic OH excluding ortho intramolecular Hbond substituents is 7. The minimum Gasteiger partial charge on any atom is -0.504 e. The second-order valence-corrected chi connectivity index (χ2v) is 9.39. The van der Waals surface area contributed by atoms with Gasteiger partial charge < -0.3 is 64.5 Å². The Hall–Kier alpha value is -5.61. The highest BCUT2D eigenvalue weighted by molar-refractivity contribution is 5.92. The molecule has 1 aliphatic heterocycles. The highest BCUT2D eigenvalue weighted by atomic mass is 16.6. The van der Waals surface area contributed by atoms with Gasteiger partial charge in [0.05, 0.1) is 30.4 Å². The number of hydrogen-bond acceptors (Lipinski definition) is 16. The third kappa shape index (κ3) is 6.55. The van der Waals surface area contributed by atoms with E-state index in [-0.39, 0.29) is 22.6 Å². The SMILES string of the molecule is COc1cc(C(=O)O[C@H]2[C@H](O)[C@@H](COC(=O)c3cc(O)c(O)c(O)c3)OC[C@@H]2OC(=O)c2cc(O)c(O)c(O)c2)ccc1O. The van der Waals surface area contributed by atoms with Crippen LogP contribution in [0.4, 0.5) is 0 Å². The third-order valence-corrected chi connectivity index (χ3v) is 6.46. The molecular weight excluding hydrogens is 592 g/mol. The fraction of sp³-hybridized carbons (Fsp3) is 0.250. The summed E-state index contributed by atoms with van der Waals surface area (Å²) in [6.07, 6.45) is -6.34. The van der Waals surface area contributed by atoms with Gasteiger partial charge in [-0.1, -0.05) is 0 Å². The zero-order valence-electron chi connectivity index (χ0n) is 22.6. The number of aliphatic hydroxyl groups excluding tert-OH is 1. The van der Waals surface area contributed by atoms with Gasteiger partial charge in [0, 0.05) is 0 Å². The molecule has 4 rings (SSSR count). The van der Waals surface area contributed by atoms with E-state index in [1.807, 2.05) is 0 Å². The van der Waals surface area contributed by atoms with Crippen LogP contribution < -0.4 is 4.74 Å². The van der Waals surface area contributed by atoms with Crippen LogP contribution in [0.2, 0.25) is 0 Å². The van der Waals surface area contributed by atoms with Gasteiger partial charge in [0.1, 0.15) is 18.8 Å². The Labute approximate surface area is 247 Å². The van der Waals surface area contributed by atoms with Gasteiger partial charge in [0.25, 0.3) is 0 Å². The molecule has 0 saturated carbocycles. The van der Waals surface area contributed by atoms with Gasteiger partial charge >= 0.3 is 17.9 Å². The number of benzene rings is 3. The molecule has 0 bridgehead atoms. The Balaban J connectivity index is 1.55. The lowest BCUT2D eigenvalue weighted by atomic mass is 9.99. The van der Waals surface area contributed by atoms with Crippen molar-refractivity contribution in [3.63, 3.8) is 0 Å². The van der Waals surface area contributed by atoms with Gasteiger partial charge in [0.15, 0.2) is 58.2 Å². The predicted molar refractivity (Wildman–Crippen MR) is 142 cm³/mol. The van der Waals surface area contributed by atoms with Crippen LogP contribution in [0.25, 0.3) is 0 Å². The largest absolute Gasteiger partial charge is 0.504 e. The molecule has 0 aromatic heterocycles. The molecule has 1 fully saturated rings. The normalized spacial score (nSPS) is 19.5. The van der Waals surface area contributed by atoms with Gasteiger partial charge in [0.2, 0.25) is 0 Å². The van der Waals surface area contributed by atoms with Gasteiger partial charge in [-0.15, -0.1) is 0 Å². The monoisotopic (exact) mass is 618 g/mol. The summed E-state index contributed by atoms with van der Waals surface area (Å²) in [7, 11) is 1.24. The van der Waals surface area contributed by atoms with Crippen LogP contribution in [0.1, 0.15) is 31.1 Å². The Morgan fingerprint density at radius 1 is 0.727 bits per heavy atom. The molecule has 0 spiro atoms. The van der Waals surface area contributed by atoms with E-state index in [0.29, 0.717) is 0 Å². The predicted octanol–water partition coefficient (Wildman–Crippen LogP) is 1.00. The van der Waals surface area contributed by atoms with Crippen molar-refractivity contribution in [2.45, 2.75) is 24.4 Å². The number of methoxy groups -OCH3 is 1. The van der Waals surface area contributed by atoms with Crippen LogP contribution in [0.5, 0.6) is 46.0 Å². The van der Waals surface area contributed by atoms with Crippen LogP contribution in [0.3, 0.4) is 0 Å². The van der Waals surface area contributed by atoms with Crippen molar-refractivity contribution in [1.29, 1.82) is 0 Å². The zero-order chi connectivity index (χ0) is 32.3. The number of esters is 3. The fourth-order valence-corrected chi connectivity index (χ4v) is 4.12. The van der Waals surface area contributed by atoms with E-state index in [0.717, 1.165) is 36.4 Å². The van der Waals surface area contributed by atoms with E-state index in [4.69, 9.17) is 23.7 Å². The van der Waals surface area contributed by atoms with Crippen molar-refractivity contribution in [2.75, 3.05) is 20.3 Å². The Morgan fingerprint density at radius 2 is 1.25 bits per heavy atom. The summed E-state index contributed by atoms with van der Waals surface area (Å²) in [5.41, 5.74) is -0.914. The molecule has 0 amide bonds. The van der Waals surface area contributed by atoms with Crippen molar-refractivity contribution >= 4 is 17.9 Å². The molecule has 1 aliphatic rings. The topological polar surface area (TPSA) is 259 Å². The lowest BCUT2D eigenvalue weighted by Crippen LogP contribution is -2.57. The lowest BCUT2D eigenvalue weighted by Gasteiger charge is -2.38. The number of carbonyl (C=O) groups excluding carboxylic acids is 3. The fourth-order valence-electron chi connectivity index (χ4n) is 4.12. The molecule has 3 aromatic rings. The third-order valence-electron chi connectivity index (χ3n) is 6.46. The second-order valence-electron chi connectivity index (χ2n) is 9.39. The Morgan fingerprint density at radius 3 is 1.80 bits per heavy atom. The van der Waals surface area contributed by atoms with Crippen LogP contribution in [-0.4, -0.2) is 103 Å². The molecule has 234 valence electrons. The summed E-state index contributed by atoms with van der Waals surface area (Å²) in [6.45, 7) is -1.19. The van der Waals surface area contributed by atoms with Crippen LogP contribution in [0, 0.1) is 0 Å². The zero-order valence-corrected chi connectivity index (χ0v) is 22.6. The molecule has 0 radical (unpaired) electrons. The number of aromatic hydroxyl groups is 7. The molecule has 0 unspecified atom stereocenters. The number of ether oxygens (including phenoxy) is 5. The summed E-state index contributed by atoms with van der Waals surface area (Å²) in [5.74, 6) is -8.70. The van der Waals surface area contributed by atoms with Gasteiger partial charge in [-0.25, -0.2) is 14.4 Å². The summed E-state index contributed by atoms with van der Waals surface area (Å²) in [5, 5.41) is 78.7. The molecule has 16 nitrogen and oxygen atoms in total. The van der Waals surface area contributed by atoms with E-state index in [9.17, 15) is 55.2 Å².